The maximum atomic E-state index is 10.2. The van der Waals surface area contributed by atoms with Gasteiger partial charge in [0.05, 0.1) is 0 Å². The Morgan fingerprint density at radius 1 is 0.773 bits per heavy atom. The third kappa shape index (κ3) is 4.87. The van der Waals surface area contributed by atoms with Crippen LogP contribution in [-0.4, -0.2) is 5.11 Å². The van der Waals surface area contributed by atoms with Gasteiger partial charge in [-0.05, 0) is 48.4 Å². The number of hydrogen-bond donors (Lipinski definition) is 1. The van der Waals surface area contributed by atoms with Crippen molar-refractivity contribution in [2.75, 3.05) is 0 Å². The largest absolute Gasteiger partial charge is 1.00 e. The van der Waals surface area contributed by atoms with Gasteiger partial charge in [-0.25, -0.2) is 0 Å². The second-order valence-corrected chi connectivity index (χ2v) is 5.67. The zero-order valence-electron chi connectivity index (χ0n) is 14.2. The standard InChI is InChI=1S/C20H26O.Na/c1-3-5-10-16-11-9-14-18(17(16)12-6-4-2)19-13-7-8-15-20(19)21;/h7-9,11,13-15,21H,3-6,10,12H2,1-2H3;/q;+1. The van der Waals surface area contributed by atoms with E-state index in [0.29, 0.717) is 5.75 Å². The molecule has 112 valence electrons. The van der Waals surface area contributed by atoms with Gasteiger partial charge in [0.1, 0.15) is 5.75 Å². The van der Waals surface area contributed by atoms with Crippen molar-refractivity contribution in [1.29, 1.82) is 0 Å². The minimum atomic E-state index is 0. The molecule has 0 radical (unpaired) electrons. The minimum Gasteiger partial charge on any atom is -0.507 e. The molecular formula is C20H26NaO+. The minimum absolute atomic E-state index is 0. The number of para-hydroxylation sites is 1. The second-order valence-electron chi connectivity index (χ2n) is 5.67. The van der Waals surface area contributed by atoms with Gasteiger partial charge in [0.2, 0.25) is 0 Å². The first-order chi connectivity index (χ1) is 10.3. The maximum Gasteiger partial charge on any atom is 1.00 e. The summed E-state index contributed by atoms with van der Waals surface area (Å²) in [5.41, 5.74) is 5.04. The zero-order valence-corrected chi connectivity index (χ0v) is 16.2. The average Bonchev–Trinajstić information content (AvgIpc) is 2.51. The quantitative estimate of drug-likeness (QED) is 0.780. The van der Waals surface area contributed by atoms with Gasteiger partial charge in [0, 0.05) is 5.56 Å². The molecule has 0 saturated carbocycles. The second kappa shape index (κ2) is 10.1. The Bertz CT molecular complexity index is 578. The van der Waals surface area contributed by atoms with Crippen LogP contribution < -0.4 is 29.6 Å². The molecule has 0 unspecified atom stereocenters. The summed E-state index contributed by atoms with van der Waals surface area (Å²) in [5, 5.41) is 10.2. The van der Waals surface area contributed by atoms with Crippen LogP contribution in [0.2, 0.25) is 0 Å². The van der Waals surface area contributed by atoms with E-state index in [1.807, 2.05) is 18.2 Å². The smallest absolute Gasteiger partial charge is 0.507 e. The van der Waals surface area contributed by atoms with Crippen molar-refractivity contribution in [2.45, 2.75) is 52.4 Å². The number of hydrogen-bond acceptors (Lipinski definition) is 1. The van der Waals surface area contributed by atoms with Crippen LogP contribution in [0, 0.1) is 0 Å². The van der Waals surface area contributed by atoms with Crippen molar-refractivity contribution >= 4 is 0 Å². The van der Waals surface area contributed by atoms with Crippen molar-refractivity contribution in [3.63, 3.8) is 0 Å². The van der Waals surface area contributed by atoms with E-state index in [1.54, 1.807) is 6.07 Å². The summed E-state index contributed by atoms with van der Waals surface area (Å²) >= 11 is 0. The molecule has 1 nitrogen and oxygen atoms in total. The summed E-state index contributed by atoms with van der Waals surface area (Å²) in [6, 6.07) is 14.2. The Morgan fingerprint density at radius 2 is 1.41 bits per heavy atom. The SMILES string of the molecule is CCCCc1cccc(-c2ccccc2O)c1CCCC.[Na+]. The molecule has 0 aliphatic carbocycles. The Morgan fingerprint density at radius 3 is 2.09 bits per heavy atom. The van der Waals surface area contributed by atoms with Gasteiger partial charge >= 0.3 is 29.6 Å². The number of benzene rings is 2. The molecule has 22 heavy (non-hydrogen) atoms. The van der Waals surface area contributed by atoms with Crippen LogP contribution in [-0.2, 0) is 12.8 Å². The number of phenols is 1. The predicted octanol–water partition coefficient (Wildman–Crippen LogP) is 2.75. The number of phenolic OH excluding ortho intramolecular Hbond substituents is 1. The van der Waals surface area contributed by atoms with Crippen LogP contribution in [0.4, 0.5) is 0 Å². The summed E-state index contributed by atoms with van der Waals surface area (Å²) < 4.78 is 0. The number of aryl methyl sites for hydroxylation is 1. The van der Waals surface area contributed by atoms with E-state index >= 15 is 0 Å². The van der Waals surface area contributed by atoms with Crippen molar-refractivity contribution < 1.29 is 34.7 Å². The van der Waals surface area contributed by atoms with Crippen molar-refractivity contribution in [3.05, 3.63) is 53.6 Å². The van der Waals surface area contributed by atoms with Crippen LogP contribution >= 0.6 is 0 Å². The Kier molecular flexibility index (Phi) is 8.85. The van der Waals surface area contributed by atoms with E-state index in [4.69, 9.17) is 0 Å². The number of unbranched alkanes of at least 4 members (excludes halogenated alkanes) is 2. The molecule has 0 atom stereocenters. The van der Waals surface area contributed by atoms with Crippen LogP contribution in [0.3, 0.4) is 0 Å². The summed E-state index contributed by atoms with van der Waals surface area (Å²) in [6.45, 7) is 4.47. The van der Waals surface area contributed by atoms with Gasteiger partial charge in [0.25, 0.3) is 0 Å². The van der Waals surface area contributed by atoms with E-state index in [1.165, 1.54) is 42.4 Å². The van der Waals surface area contributed by atoms with Crippen molar-refractivity contribution in [3.8, 4) is 16.9 Å². The van der Waals surface area contributed by atoms with Gasteiger partial charge in [-0.2, -0.15) is 0 Å². The fourth-order valence-corrected chi connectivity index (χ4v) is 2.84. The first-order valence-electron chi connectivity index (χ1n) is 8.17. The molecule has 0 heterocycles. The van der Waals surface area contributed by atoms with Gasteiger partial charge in [-0.15, -0.1) is 0 Å². The molecule has 0 aromatic heterocycles. The summed E-state index contributed by atoms with van der Waals surface area (Å²) in [4.78, 5) is 0. The van der Waals surface area contributed by atoms with Gasteiger partial charge in [0.15, 0.2) is 0 Å². The molecule has 0 fully saturated rings. The molecule has 0 spiro atoms. The van der Waals surface area contributed by atoms with Crippen LogP contribution in [0.15, 0.2) is 42.5 Å². The third-order valence-electron chi connectivity index (χ3n) is 4.05. The first kappa shape index (κ1) is 19.3. The summed E-state index contributed by atoms with van der Waals surface area (Å²) in [5.74, 6) is 0.378. The molecule has 1 N–H and O–H groups in total. The van der Waals surface area contributed by atoms with E-state index in [9.17, 15) is 5.11 Å². The molecule has 2 aromatic carbocycles. The average molecular weight is 305 g/mol. The molecule has 2 rings (SSSR count). The Balaban J connectivity index is 0.00000242. The molecule has 0 aliphatic rings. The van der Waals surface area contributed by atoms with Crippen LogP contribution in [0.1, 0.15) is 50.7 Å². The monoisotopic (exact) mass is 305 g/mol. The van der Waals surface area contributed by atoms with Crippen molar-refractivity contribution in [1.82, 2.24) is 0 Å². The molecule has 2 aromatic rings. The Labute approximate surface area is 157 Å². The normalized spacial score (nSPS) is 10.3. The number of rotatable bonds is 7. The maximum absolute atomic E-state index is 10.2. The summed E-state index contributed by atoms with van der Waals surface area (Å²) in [7, 11) is 0. The molecule has 0 aliphatic heterocycles. The van der Waals surface area contributed by atoms with E-state index in [-0.39, 0.29) is 29.6 Å². The molecule has 0 bridgehead atoms. The molecule has 2 heteroatoms. The van der Waals surface area contributed by atoms with Crippen LogP contribution in [0.25, 0.3) is 11.1 Å². The van der Waals surface area contributed by atoms with Crippen LogP contribution in [0.5, 0.6) is 5.75 Å². The van der Waals surface area contributed by atoms with E-state index in [0.717, 1.165) is 18.4 Å². The fourth-order valence-electron chi connectivity index (χ4n) is 2.84. The molecule has 0 amide bonds. The Hall–Kier alpha value is -0.760. The van der Waals surface area contributed by atoms with Gasteiger partial charge in [-0.3, -0.25) is 0 Å². The fraction of sp³-hybridized carbons (Fsp3) is 0.400. The zero-order chi connectivity index (χ0) is 15.1. The molecule has 0 saturated heterocycles. The van der Waals surface area contributed by atoms with E-state index in [2.05, 4.69) is 32.0 Å². The third-order valence-corrected chi connectivity index (χ3v) is 4.05. The van der Waals surface area contributed by atoms with Crippen molar-refractivity contribution in [2.24, 2.45) is 0 Å². The molecular weight excluding hydrogens is 279 g/mol. The number of aromatic hydroxyl groups is 1. The van der Waals surface area contributed by atoms with Gasteiger partial charge in [-0.1, -0.05) is 63.1 Å². The predicted molar refractivity (Wildman–Crippen MR) is 90.8 cm³/mol. The summed E-state index contributed by atoms with van der Waals surface area (Å²) in [6.07, 6.45) is 7.07. The first-order valence-corrected chi connectivity index (χ1v) is 8.17. The topological polar surface area (TPSA) is 20.2 Å². The van der Waals surface area contributed by atoms with Gasteiger partial charge < -0.3 is 5.11 Å². The van der Waals surface area contributed by atoms with E-state index < -0.39 is 0 Å².